The van der Waals surface area contributed by atoms with Gasteiger partial charge in [-0.25, -0.2) is 4.98 Å². The maximum absolute atomic E-state index is 11.1. The summed E-state index contributed by atoms with van der Waals surface area (Å²) in [5, 5.41) is 15.1. The zero-order valence-electron chi connectivity index (χ0n) is 10.5. The van der Waals surface area contributed by atoms with Crippen molar-refractivity contribution in [1.29, 1.82) is 0 Å². The van der Waals surface area contributed by atoms with E-state index in [0.717, 1.165) is 37.1 Å². The molecule has 2 aliphatic rings. The van der Waals surface area contributed by atoms with Gasteiger partial charge in [0.2, 0.25) is 0 Å². The molecule has 0 amide bonds. The zero-order chi connectivity index (χ0) is 13.0. The lowest BCUT2D eigenvalue weighted by Crippen LogP contribution is -2.28. The molecule has 4 nitrogen and oxygen atoms in total. The summed E-state index contributed by atoms with van der Waals surface area (Å²) >= 11 is 6.36. The van der Waals surface area contributed by atoms with E-state index in [9.17, 15) is 5.11 Å². The lowest BCUT2D eigenvalue weighted by Gasteiger charge is -2.26. The number of aliphatic hydroxyl groups is 1. The smallest absolute Gasteiger partial charge is 0.107 e. The predicted molar refractivity (Wildman–Crippen MR) is 73.2 cm³/mol. The van der Waals surface area contributed by atoms with Crippen LogP contribution < -0.4 is 5.32 Å². The Balaban J connectivity index is 1.86. The summed E-state index contributed by atoms with van der Waals surface area (Å²) in [5.74, 6) is 1.11. The summed E-state index contributed by atoms with van der Waals surface area (Å²) in [5.41, 5.74) is 0.955. The first-order valence-electron chi connectivity index (χ1n) is 6.71. The molecule has 0 bridgehead atoms. The maximum Gasteiger partial charge on any atom is 0.107 e. The molecule has 1 aliphatic carbocycles. The van der Waals surface area contributed by atoms with Gasteiger partial charge >= 0.3 is 0 Å². The normalized spacial score (nSPS) is 34.0. The fourth-order valence-corrected chi connectivity index (χ4v) is 4.15. The van der Waals surface area contributed by atoms with Crippen LogP contribution in [0.3, 0.4) is 0 Å². The highest BCUT2D eigenvalue weighted by atomic mass is 35.5. The highest BCUT2D eigenvalue weighted by Crippen LogP contribution is 2.48. The van der Waals surface area contributed by atoms with Gasteiger partial charge in [0.25, 0.3) is 0 Å². The third kappa shape index (κ3) is 1.64. The number of pyridine rings is 1. The molecular weight excluding hydrogens is 262 g/mol. The Bertz CT molecular complexity index is 627. The second kappa shape index (κ2) is 3.95. The Labute approximate surface area is 116 Å². The molecule has 3 heterocycles. The van der Waals surface area contributed by atoms with Gasteiger partial charge in [0.05, 0.1) is 28.8 Å². The van der Waals surface area contributed by atoms with E-state index < -0.39 is 5.60 Å². The summed E-state index contributed by atoms with van der Waals surface area (Å²) in [6.45, 7) is 2.01. The second-order valence-corrected chi connectivity index (χ2v) is 6.24. The largest absolute Gasteiger partial charge is 0.384 e. The predicted octanol–water partition coefficient (Wildman–Crippen LogP) is 1.80. The lowest BCUT2D eigenvalue weighted by atomic mass is 9.94. The summed E-state index contributed by atoms with van der Waals surface area (Å²) in [6, 6.07) is 3.79. The molecular formula is C14H16ClN3O. The van der Waals surface area contributed by atoms with E-state index in [2.05, 4.69) is 10.3 Å². The van der Waals surface area contributed by atoms with Crippen LogP contribution in [-0.2, 0) is 5.60 Å². The molecule has 19 heavy (non-hydrogen) atoms. The number of fused-ring (bicyclic) bond motifs is 2. The first-order valence-corrected chi connectivity index (χ1v) is 7.09. The van der Waals surface area contributed by atoms with Crippen LogP contribution >= 0.6 is 11.6 Å². The van der Waals surface area contributed by atoms with E-state index in [0.29, 0.717) is 16.9 Å². The summed E-state index contributed by atoms with van der Waals surface area (Å²) in [7, 11) is 0. The minimum absolute atomic E-state index is 0.555. The average molecular weight is 278 g/mol. The van der Waals surface area contributed by atoms with Crippen molar-refractivity contribution in [3.63, 3.8) is 0 Å². The first-order chi connectivity index (χ1) is 9.17. The van der Waals surface area contributed by atoms with Crippen molar-refractivity contribution in [2.45, 2.75) is 18.4 Å². The quantitative estimate of drug-likeness (QED) is 0.836. The van der Waals surface area contributed by atoms with Crippen LogP contribution in [0.4, 0.5) is 0 Å². The molecule has 2 aromatic rings. The second-order valence-electron chi connectivity index (χ2n) is 5.84. The third-order valence-corrected chi connectivity index (χ3v) is 4.96. The van der Waals surface area contributed by atoms with Gasteiger partial charge in [0, 0.05) is 0 Å². The number of aromatic nitrogens is 2. The molecule has 0 radical (unpaired) electrons. The number of nitrogens with zero attached hydrogens (tertiary/aromatic N) is 2. The van der Waals surface area contributed by atoms with Gasteiger partial charge in [-0.05, 0) is 49.9 Å². The van der Waals surface area contributed by atoms with Crippen LogP contribution in [0.15, 0.2) is 24.7 Å². The molecule has 2 aromatic heterocycles. The number of rotatable bonds is 1. The Morgan fingerprint density at radius 3 is 2.79 bits per heavy atom. The molecule has 2 N–H and O–H groups in total. The Kier molecular flexibility index (Phi) is 2.43. The molecule has 100 valence electrons. The van der Waals surface area contributed by atoms with Gasteiger partial charge < -0.3 is 10.4 Å². The van der Waals surface area contributed by atoms with Gasteiger partial charge in [0.15, 0.2) is 0 Å². The van der Waals surface area contributed by atoms with Crippen molar-refractivity contribution < 1.29 is 5.11 Å². The van der Waals surface area contributed by atoms with Gasteiger partial charge in [0.1, 0.15) is 5.60 Å². The molecule has 1 saturated carbocycles. The monoisotopic (exact) mass is 277 g/mol. The van der Waals surface area contributed by atoms with Crippen molar-refractivity contribution in [3.05, 3.63) is 35.4 Å². The Hall–Kier alpha value is -1.10. The molecule has 2 fully saturated rings. The number of hydrogen-bond acceptors (Lipinski definition) is 3. The van der Waals surface area contributed by atoms with Gasteiger partial charge in [-0.2, -0.15) is 0 Å². The minimum atomic E-state index is -0.825. The van der Waals surface area contributed by atoms with Crippen molar-refractivity contribution >= 4 is 17.1 Å². The van der Waals surface area contributed by atoms with Gasteiger partial charge in [-0.1, -0.05) is 11.6 Å². The summed E-state index contributed by atoms with van der Waals surface area (Å²) in [4.78, 5) is 4.16. The molecule has 0 unspecified atom stereocenters. The van der Waals surface area contributed by atoms with Gasteiger partial charge in [-0.15, -0.1) is 0 Å². The number of halogens is 1. The Morgan fingerprint density at radius 1 is 1.32 bits per heavy atom. The fourth-order valence-electron chi connectivity index (χ4n) is 3.82. The first kappa shape index (κ1) is 11.7. The van der Waals surface area contributed by atoms with Crippen LogP contribution in [-0.4, -0.2) is 27.6 Å². The third-order valence-electron chi connectivity index (χ3n) is 4.65. The minimum Gasteiger partial charge on any atom is -0.384 e. The van der Waals surface area contributed by atoms with Crippen LogP contribution in [0, 0.1) is 11.8 Å². The van der Waals surface area contributed by atoms with Gasteiger partial charge in [-0.3, -0.25) is 4.40 Å². The van der Waals surface area contributed by atoms with Crippen LogP contribution in [0.2, 0.25) is 5.02 Å². The number of hydrogen-bond donors (Lipinski definition) is 2. The van der Waals surface area contributed by atoms with E-state index >= 15 is 0 Å². The molecule has 4 rings (SSSR count). The van der Waals surface area contributed by atoms with Crippen LogP contribution in [0.5, 0.6) is 0 Å². The Morgan fingerprint density at radius 2 is 2.05 bits per heavy atom. The topological polar surface area (TPSA) is 49.6 Å². The van der Waals surface area contributed by atoms with Crippen LogP contribution in [0.25, 0.3) is 5.52 Å². The van der Waals surface area contributed by atoms with E-state index in [1.54, 1.807) is 12.5 Å². The lowest BCUT2D eigenvalue weighted by molar-refractivity contribution is 0.0304. The van der Waals surface area contributed by atoms with Crippen molar-refractivity contribution in [3.8, 4) is 0 Å². The van der Waals surface area contributed by atoms with Crippen molar-refractivity contribution in [2.75, 3.05) is 13.1 Å². The van der Waals surface area contributed by atoms with Crippen molar-refractivity contribution in [1.82, 2.24) is 14.7 Å². The molecule has 1 saturated heterocycles. The standard InChI is InChI=1S/C14H16ClN3O/c15-12-2-1-11-7-17-8-18(11)13(12)14(19)3-9-5-16-6-10(9)4-14/h1-2,7-10,16,19H,3-6H2/t9-,10+,14-. The summed E-state index contributed by atoms with van der Waals surface area (Å²) < 4.78 is 1.93. The van der Waals surface area contributed by atoms with E-state index in [-0.39, 0.29) is 0 Å². The molecule has 5 heteroatoms. The van der Waals surface area contributed by atoms with E-state index in [1.807, 2.05) is 16.5 Å². The number of nitrogens with one attached hydrogen (secondary N) is 1. The molecule has 3 atom stereocenters. The SMILES string of the molecule is O[C@@]1(c2c(Cl)ccc3cncn23)C[C@H]2CNC[C@H]2C1. The highest BCUT2D eigenvalue weighted by Gasteiger charge is 2.48. The fraction of sp³-hybridized carbons (Fsp3) is 0.500. The average Bonchev–Trinajstić information content (AvgIpc) is 3.02. The molecule has 0 aromatic carbocycles. The molecule has 0 spiro atoms. The van der Waals surface area contributed by atoms with Crippen molar-refractivity contribution in [2.24, 2.45) is 11.8 Å². The number of imidazole rings is 1. The summed E-state index contributed by atoms with van der Waals surface area (Å²) in [6.07, 6.45) is 5.09. The van der Waals surface area contributed by atoms with E-state index in [4.69, 9.17) is 11.6 Å². The maximum atomic E-state index is 11.1. The zero-order valence-corrected chi connectivity index (χ0v) is 11.3. The van der Waals surface area contributed by atoms with E-state index in [1.165, 1.54) is 0 Å². The molecule has 1 aliphatic heterocycles. The highest BCUT2D eigenvalue weighted by molar-refractivity contribution is 6.31. The van der Waals surface area contributed by atoms with Crippen LogP contribution in [0.1, 0.15) is 18.5 Å².